The first kappa shape index (κ1) is 26.0. The molecule has 0 saturated heterocycles. The smallest absolute Gasteiger partial charge is 2.00 e. The molecular weight excluding hydrogens is 103 g/mol. The van der Waals surface area contributed by atoms with Crippen molar-refractivity contribution in [3.63, 3.8) is 0 Å². The van der Waals surface area contributed by atoms with Crippen LogP contribution >= 0.6 is 0 Å². The molecule has 0 heterocycles. The van der Waals surface area contributed by atoms with Crippen molar-refractivity contribution in [2.45, 2.75) is 0 Å². The predicted molar refractivity (Wildman–Crippen MR) is 5.94 cm³/mol. The Balaban J connectivity index is -0.00000000500. The van der Waals surface area contributed by atoms with E-state index in [9.17, 15) is 0 Å². The zero-order chi connectivity index (χ0) is 2.00. The molecule has 0 unspecified atom stereocenters. The van der Waals surface area contributed by atoms with Gasteiger partial charge in [0.05, 0.1) is 0 Å². The first-order valence-electron chi connectivity index (χ1n) is 0.200. The Morgan fingerprint density at radius 2 is 1.00 bits per heavy atom. The van der Waals surface area contributed by atoms with Gasteiger partial charge in [0.2, 0.25) is 0 Å². The Hall–Kier alpha value is 0.399. The average Bonchev–Trinajstić information content (AvgIpc) is 1.00. The van der Waals surface area contributed by atoms with E-state index in [0.29, 0.717) is 0 Å². The number of hydrogen-bond donors (Lipinski definition) is 2. The second-order valence-electron chi connectivity index (χ2n) is 0. The standard InChI is InChI=1S/Mn.H2O2.O/c;1-2;/h;1-2H;/q+2;;-2. The summed E-state index contributed by atoms with van der Waals surface area (Å²) in [5, 5.41) is 12.0. The second kappa shape index (κ2) is 123. The van der Waals surface area contributed by atoms with Gasteiger partial charge in [0.1, 0.15) is 0 Å². The van der Waals surface area contributed by atoms with Gasteiger partial charge >= 0.3 is 17.1 Å². The SMILES string of the molecule is OO.[Mn+2].[O-2]. The van der Waals surface area contributed by atoms with Gasteiger partial charge in [-0.05, 0) is 0 Å². The molecule has 2 N–H and O–H groups in total. The fourth-order valence-electron chi connectivity index (χ4n) is 0. The van der Waals surface area contributed by atoms with Crippen LogP contribution in [-0.2, 0) is 22.5 Å². The monoisotopic (exact) mass is 105 g/mol. The van der Waals surface area contributed by atoms with Crippen LogP contribution in [0.25, 0.3) is 0 Å². The van der Waals surface area contributed by atoms with Gasteiger partial charge in [-0.3, -0.25) is 10.5 Å². The van der Waals surface area contributed by atoms with Crippen molar-refractivity contribution in [1.29, 1.82) is 0 Å². The van der Waals surface area contributed by atoms with Gasteiger partial charge in [0.15, 0.2) is 0 Å². The van der Waals surface area contributed by atoms with E-state index in [2.05, 4.69) is 0 Å². The van der Waals surface area contributed by atoms with E-state index < -0.39 is 0 Å². The molecular formula is H2MnO3. The van der Waals surface area contributed by atoms with E-state index in [1.165, 1.54) is 0 Å². The van der Waals surface area contributed by atoms with Crippen LogP contribution in [0.5, 0.6) is 0 Å². The van der Waals surface area contributed by atoms with E-state index in [0.717, 1.165) is 0 Å². The van der Waals surface area contributed by atoms with Gasteiger partial charge in [-0.25, -0.2) is 0 Å². The summed E-state index contributed by atoms with van der Waals surface area (Å²) in [5.74, 6) is 0. The molecule has 27 valence electrons. The Kier molecular flexibility index (Phi) is 796. The zero-order valence-electron chi connectivity index (χ0n) is 1.68. The molecule has 0 saturated carbocycles. The van der Waals surface area contributed by atoms with Crippen molar-refractivity contribution in [2.75, 3.05) is 0 Å². The molecule has 3 nitrogen and oxygen atoms in total. The van der Waals surface area contributed by atoms with Gasteiger partial charge < -0.3 is 5.48 Å². The van der Waals surface area contributed by atoms with Gasteiger partial charge in [-0.2, -0.15) is 0 Å². The zero-order valence-corrected chi connectivity index (χ0v) is 2.86. The maximum absolute atomic E-state index is 6.00. The molecule has 0 aliphatic carbocycles. The minimum absolute atomic E-state index is 0. The fourth-order valence-corrected chi connectivity index (χ4v) is 0. The van der Waals surface area contributed by atoms with E-state index in [4.69, 9.17) is 10.5 Å². The summed E-state index contributed by atoms with van der Waals surface area (Å²) in [6, 6.07) is 0. The van der Waals surface area contributed by atoms with Crippen molar-refractivity contribution >= 4 is 0 Å². The average molecular weight is 105 g/mol. The Morgan fingerprint density at radius 3 is 1.00 bits per heavy atom. The van der Waals surface area contributed by atoms with Crippen molar-refractivity contribution in [1.82, 2.24) is 0 Å². The Bertz CT molecular complexity index is 3.25. The van der Waals surface area contributed by atoms with E-state index >= 15 is 0 Å². The van der Waals surface area contributed by atoms with Crippen LogP contribution in [0.3, 0.4) is 0 Å². The van der Waals surface area contributed by atoms with Gasteiger partial charge in [-0.1, -0.05) is 0 Å². The van der Waals surface area contributed by atoms with Crippen LogP contribution in [0.4, 0.5) is 0 Å². The number of hydrogen-bond acceptors (Lipinski definition) is 2. The Labute approximate surface area is 34.0 Å². The Morgan fingerprint density at radius 1 is 1.00 bits per heavy atom. The second-order valence-corrected chi connectivity index (χ2v) is 0. The van der Waals surface area contributed by atoms with Crippen molar-refractivity contribution in [3.05, 3.63) is 0 Å². The molecule has 0 aromatic rings. The molecule has 0 rings (SSSR count). The molecule has 4 heteroatoms. The van der Waals surface area contributed by atoms with E-state index in [1.54, 1.807) is 0 Å². The van der Waals surface area contributed by atoms with Gasteiger partial charge in [0, 0.05) is 0 Å². The molecule has 0 fully saturated rings. The largest absolute Gasteiger partial charge is 2.00 e. The molecule has 0 atom stereocenters. The molecule has 0 aromatic heterocycles. The van der Waals surface area contributed by atoms with E-state index in [-0.39, 0.29) is 22.5 Å². The van der Waals surface area contributed by atoms with Crippen molar-refractivity contribution < 1.29 is 33.1 Å². The minimum Gasteiger partial charge on any atom is -2.00 e. The molecule has 0 spiro atoms. The van der Waals surface area contributed by atoms with Crippen molar-refractivity contribution in [2.24, 2.45) is 0 Å². The normalized spacial score (nSPS) is 1.50. The summed E-state index contributed by atoms with van der Waals surface area (Å²) < 4.78 is 0. The summed E-state index contributed by atoms with van der Waals surface area (Å²) in [5.41, 5.74) is 0. The maximum atomic E-state index is 6.00. The maximum Gasteiger partial charge on any atom is 2.00 e. The molecule has 4 heavy (non-hydrogen) atoms. The van der Waals surface area contributed by atoms with Crippen LogP contribution in [0.2, 0.25) is 0 Å². The van der Waals surface area contributed by atoms with Crippen molar-refractivity contribution in [3.8, 4) is 0 Å². The first-order chi connectivity index (χ1) is 1.00. The van der Waals surface area contributed by atoms with E-state index in [1.807, 2.05) is 0 Å². The topological polar surface area (TPSA) is 69.0 Å². The number of rotatable bonds is 0. The third-order valence-electron chi connectivity index (χ3n) is 0. The van der Waals surface area contributed by atoms with Crippen LogP contribution in [-0.4, -0.2) is 10.5 Å². The van der Waals surface area contributed by atoms with Gasteiger partial charge in [0.25, 0.3) is 0 Å². The molecule has 0 aliphatic rings. The molecule has 0 aromatic carbocycles. The predicted octanol–water partition coefficient (Wildman–Crippen LogP) is -0.104. The van der Waals surface area contributed by atoms with Crippen LogP contribution in [0.15, 0.2) is 0 Å². The third kappa shape index (κ3) is 29.4. The molecule has 0 bridgehead atoms. The summed E-state index contributed by atoms with van der Waals surface area (Å²) in [4.78, 5) is 0. The van der Waals surface area contributed by atoms with Gasteiger partial charge in [-0.15, -0.1) is 0 Å². The summed E-state index contributed by atoms with van der Waals surface area (Å²) in [6.07, 6.45) is 0. The summed E-state index contributed by atoms with van der Waals surface area (Å²) in [7, 11) is 0. The molecule has 0 amide bonds. The summed E-state index contributed by atoms with van der Waals surface area (Å²) >= 11 is 0. The molecule has 0 aliphatic heterocycles. The molecule has 1 radical (unpaired) electrons. The van der Waals surface area contributed by atoms with Crippen LogP contribution < -0.4 is 0 Å². The van der Waals surface area contributed by atoms with Crippen LogP contribution in [0.1, 0.15) is 0 Å². The third-order valence-corrected chi connectivity index (χ3v) is 0. The minimum atomic E-state index is 0. The van der Waals surface area contributed by atoms with Crippen LogP contribution in [0, 0.1) is 0 Å². The quantitative estimate of drug-likeness (QED) is 0.256. The first-order valence-corrected chi connectivity index (χ1v) is 0.200. The summed E-state index contributed by atoms with van der Waals surface area (Å²) in [6.45, 7) is 0. The fraction of sp³-hybridized carbons (Fsp3) is 0.